The first-order valence-electron chi connectivity index (χ1n) is 7.24. The number of halogens is 2. The second-order valence-electron chi connectivity index (χ2n) is 4.89. The highest BCUT2D eigenvalue weighted by Crippen LogP contribution is 2.27. The molecule has 13 heteroatoms. The first kappa shape index (κ1) is 19.6. The molecule has 0 bridgehead atoms. The van der Waals surface area contributed by atoms with E-state index in [4.69, 9.17) is 11.6 Å². The summed E-state index contributed by atoms with van der Waals surface area (Å²) in [6.45, 7) is 1.79. The first-order valence-corrected chi connectivity index (χ1v) is 10.2. The van der Waals surface area contributed by atoms with Gasteiger partial charge in [0.2, 0.25) is 16.2 Å². The summed E-state index contributed by atoms with van der Waals surface area (Å²) >= 11 is 9.33. The van der Waals surface area contributed by atoms with Crippen LogP contribution in [-0.4, -0.2) is 38.0 Å². The molecular weight excluding hydrogens is 435 g/mol. The van der Waals surface area contributed by atoms with E-state index < -0.39 is 11.7 Å². The second kappa shape index (κ2) is 8.69. The van der Waals surface area contributed by atoms with Crippen LogP contribution < -0.4 is 10.6 Å². The predicted molar refractivity (Wildman–Crippen MR) is 103 cm³/mol. The molecule has 0 aliphatic rings. The summed E-state index contributed by atoms with van der Waals surface area (Å²) in [4.78, 5) is 24.0. The van der Waals surface area contributed by atoms with Gasteiger partial charge < -0.3 is 0 Å². The lowest BCUT2D eigenvalue weighted by Gasteiger charge is -2.04. The predicted octanol–water partition coefficient (Wildman–Crippen LogP) is 3.47. The van der Waals surface area contributed by atoms with Crippen LogP contribution in [0.15, 0.2) is 22.5 Å². The molecule has 0 saturated heterocycles. The molecular formula is C14H10ClFN6O2S3. The SMILES string of the molecule is Cc1nnc(NC(=O)CSc2nnc(NC(=O)c3c(F)cccc3Cl)s2)s1. The molecule has 0 aliphatic carbocycles. The number of nitrogens with zero attached hydrogens (tertiary/aromatic N) is 4. The quantitative estimate of drug-likeness (QED) is 0.442. The van der Waals surface area contributed by atoms with Crippen LogP contribution in [0.25, 0.3) is 0 Å². The van der Waals surface area contributed by atoms with E-state index in [0.717, 1.165) is 34.2 Å². The maximum atomic E-state index is 13.8. The zero-order valence-electron chi connectivity index (χ0n) is 13.5. The molecule has 27 heavy (non-hydrogen) atoms. The molecule has 0 aliphatic heterocycles. The molecule has 1 aromatic carbocycles. The highest BCUT2D eigenvalue weighted by molar-refractivity contribution is 8.01. The van der Waals surface area contributed by atoms with Crippen LogP contribution in [0.5, 0.6) is 0 Å². The lowest BCUT2D eigenvalue weighted by atomic mass is 10.2. The van der Waals surface area contributed by atoms with Crippen molar-refractivity contribution in [2.75, 3.05) is 16.4 Å². The summed E-state index contributed by atoms with van der Waals surface area (Å²) < 4.78 is 14.2. The first-order chi connectivity index (χ1) is 12.9. The fourth-order valence-electron chi connectivity index (χ4n) is 1.82. The van der Waals surface area contributed by atoms with E-state index in [2.05, 4.69) is 31.0 Å². The molecule has 2 heterocycles. The number of anilines is 2. The minimum Gasteiger partial charge on any atom is -0.300 e. The van der Waals surface area contributed by atoms with E-state index in [1.54, 1.807) is 6.92 Å². The molecule has 0 atom stereocenters. The standard InChI is InChI=1S/C14H10ClFN6O2S3/c1-6-19-20-12(26-6)17-9(23)5-25-14-22-21-13(27-14)18-11(24)10-7(15)3-2-4-8(10)16/h2-4H,5H2,1H3,(H,17,20,23)(H,18,21,24). The molecule has 0 radical (unpaired) electrons. The third kappa shape index (κ3) is 5.19. The molecule has 3 aromatic rings. The Labute approximate surface area is 169 Å². The molecule has 2 N–H and O–H groups in total. The second-order valence-corrected chi connectivity index (χ2v) is 8.68. The minimum atomic E-state index is -0.734. The number of benzene rings is 1. The van der Waals surface area contributed by atoms with Gasteiger partial charge in [0, 0.05) is 0 Å². The van der Waals surface area contributed by atoms with Crippen LogP contribution in [-0.2, 0) is 4.79 Å². The van der Waals surface area contributed by atoms with E-state index in [0.29, 0.717) is 9.47 Å². The number of rotatable bonds is 6. The van der Waals surface area contributed by atoms with Gasteiger partial charge in [0.25, 0.3) is 5.91 Å². The van der Waals surface area contributed by atoms with E-state index in [1.807, 2.05) is 0 Å². The van der Waals surface area contributed by atoms with Gasteiger partial charge in [-0.05, 0) is 19.1 Å². The van der Waals surface area contributed by atoms with Gasteiger partial charge in [-0.3, -0.25) is 20.2 Å². The van der Waals surface area contributed by atoms with Crippen LogP contribution in [0.4, 0.5) is 14.7 Å². The maximum Gasteiger partial charge on any atom is 0.261 e. The Kier molecular flexibility index (Phi) is 6.31. The maximum absolute atomic E-state index is 13.8. The van der Waals surface area contributed by atoms with Crippen molar-refractivity contribution in [1.29, 1.82) is 0 Å². The molecule has 8 nitrogen and oxygen atoms in total. The van der Waals surface area contributed by atoms with Gasteiger partial charge >= 0.3 is 0 Å². The Morgan fingerprint density at radius 3 is 2.59 bits per heavy atom. The van der Waals surface area contributed by atoms with Gasteiger partial charge in [0.05, 0.1) is 16.3 Å². The average Bonchev–Trinajstić information content (AvgIpc) is 3.21. The zero-order chi connectivity index (χ0) is 19.4. The number of aryl methyl sites for hydroxylation is 1. The summed E-state index contributed by atoms with van der Waals surface area (Å²) in [6, 6.07) is 3.96. The van der Waals surface area contributed by atoms with Crippen LogP contribution in [0.1, 0.15) is 15.4 Å². The molecule has 2 amide bonds. The summed E-state index contributed by atoms with van der Waals surface area (Å²) in [5.41, 5.74) is -0.268. The highest BCUT2D eigenvalue weighted by atomic mass is 35.5. The molecule has 3 rings (SSSR count). The molecule has 0 fully saturated rings. The van der Waals surface area contributed by atoms with Crippen molar-refractivity contribution in [3.05, 3.63) is 39.6 Å². The number of amides is 2. The fourth-order valence-corrected chi connectivity index (χ4v) is 4.23. The average molecular weight is 445 g/mol. The van der Waals surface area contributed by atoms with Crippen LogP contribution >= 0.6 is 46.0 Å². The lowest BCUT2D eigenvalue weighted by molar-refractivity contribution is -0.113. The summed E-state index contributed by atoms with van der Waals surface area (Å²) in [6.07, 6.45) is 0. The Morgan fingerprint density at radius 1 is 1.15 bits per heavy atom. The summed E-state index contributed by atoms with van der Waals surface area (Å²) in [7, 11) is 0. The van der Waals surface area contributed by atoms with Gasteiger partial charge in [-0.15, -0.1) is 20.4 Å². The van der Waals surface area contributed by atoms with Gasteiger partial charge in [-0.1, -0.05) is 52.1 Å². The van der Waals surface area contributed by atoms with E-state index >= 15 is 0 Å². The number of hydrogen-bond donors (Lipinski definition) is 2. The third-order valence-electron chi connectivity index (χ3n) is 2.92. The normalized spacial score (nSPS) is 10.6. The summed E-state index contributed by atoms with van der Waals surface area (Å²) in [5.74, 6) is -1.65. The molecule has 0 saturated carbocycles. The van der Waals surface area contributed by atoms with E-state index in [-0.39, 0.29) is 27.4 Å². The molecule has 0 spiro atoms. The zero-order valence-corrected chi connectivity index (χ0v) is 16.7. The number of carbonyl (C=O) groups excluding carboxylic acids is 2. The van der Waals surface area contributed by atoms with Crippen molar-refractivity contribution in [2.45, 2.75) is 11.3 Å². The fraction of sp³-hybridized carbons (Fsp3) is 0.143. The van der Waals surface area contributed by atoms with Crippen LogP contribution in [0, 0.1) is 12.7 Å². The van der Waals surface area contributed by atoms with Crippen molar-refractivity contribution < 1.29 is 14.0 Å². The monoisotopic (exact) mass is 444 g/mol. The van der Waals surface area contributed by atoms with Gasteiger partial charge in [-0.2, -0.15) is 0 Å². The lowest BCUT2D eigenvalue weighted by Crippen LogP contribution is -2.14. The smallest absolute Gasteiger partial charge is 0.261 e. The van der Waals surface area contributed by atoms with Crippen molar-refractivity contribution >= 4 is 68.1 Å². The van der Waals surface area contributed by atoms with Gasteiger partial charge in [0.1, 0.15) is 10.8 Å². The topological polar surface area (TPSA) is 110 Å². The van der Waals surface area contributed by atoms with Crippen molar-refractivity contribution in [3.8, 4) is 0 Å². The van der Waals surface area contributed by atoms with E-state index in [1.165, 1.54) is 23.5 Å². The Balaban J connectivity index is 1.55. The number of aromatic nitrogens is 4. The molecule has 0 unspecified atom stereocenters. The highest BCUT2D eigenvalue weighted by Gasteiger charge is 2.18. The number of hydrogen-bond acceptors (Lipinski definition) is 9. The van der Waals surface area contributed by atoms with Crippen molar-refractivity contribution in [1.82, 2.24) is 20.4 Å². The molecule has 2 aromatic heterocycles. The number of nitrogens with one attached hydrogen (secondary N) is 2. The minimum absolute atomic E-state index is 0.00445. The Bertz CT molecular complexity index is 975. The largest absolute Gasteiger partial charge is 0.300 e. The summed E-state index contributed by atoms with van der Waals surface area (Å²) in [5, 5.41) is 21.7. The van der Waals surface area contributed by atoms with Crippen LogP contribution in [0.2, 0.25) is 5.02 Å². The van der Waals surface area contributed by atoms with Crippen molar-refractivity contribution in [2.24, 2.45) is 0 Å². The Hall–Kier alpha value is -2.15. The number of carbonyl (C=O) groups is 2. The van der Waals surface area contributed by atoms with Crippen molar-refractivity contribution in [3.63, 3.8) is 0 Å². The van der Waals surface area contributed by atoms with Crippen LogP contribution in [0.3, 0.4) is 0 Å². The third-order valence-corrected chi connectivity index (χ3v) is 5.96. The Morgan fingerprint density at radius 2 is 1.89 bits per heavy atom. The number of thioether (sulfide) groups is 1. The van der Waals surface area contributed by atoms with E-state index in [9.17, 15) is 14.0 Å². The van der Waals surface area contributed by atoms with Gasteiger partial charge in [-0.25, -0.2) is 4.39 Å². The molecule has 140 valence electrons. The van der Waals surface area contributed by atoms with Gasteiger partial charge in [0.15, 0.2) is 4.34 Å².